The van der Waals surface area contributed by atoms with Gasteiger partial charge in [-0.1, -0.05) is 12.1 Å². The van der Waals surface area contributed by atoms with Crippen molar-refractivity contribution in [1.82, 2.24) is 14.3 Å². The molecule has 0 saturated carbocycles. The molecule has 1 heterocycles. The Kier molecular flexibility index (Phi) is 5.91. The van der Waals surface area contributed by atoms with Crippen molar-refractivity contribution in [3.05, 3.63) is 66.1 Å². The van der Waals surface area contributed by atoms with Gasteiger partial charge in [-0.05, 0) is 49.9 Å². The second-order valence-corrected chi connectivity index (χ2v) is 8.71. The second kappa shape index (κ2) is 8.11. The van der Waals surface area contributed by atoms with Crippen molar-refractivity contribution in [2.45, 2.75) is 24.0 Å². The quantitative estimate of drug-likeness (QED) is 0.605. The lowest BCUT2D eigenvalue weighted by atomic mass is 10.0. The van der Waals surface area contributed by atoms with Crippen LogP contribution in [0.1, 0.15) is 24.1 Å². The molecule has 160 valence electrons. The van der Waals surface area contributed by atoms with E-state index in [1.807, 2.05) is 6.92 Å². The van der Waals surface area contributed by atoms with Gasteiger partial charge in [0, 0.05) is 30.5 Å². The Morgan fingerprint density at radius 1 is 1.10 bits per heavy atom. The number of aromatic nitrogens is 2. The Balaban J connectivity index is 1.96. The van der Waals surface area contributed by atoms with Gasteiger partial charge < -0.3 is 9.88 Å². The zero-order valence-electron chi connectivity index (χ0n) is 16.5. The summed E-state index contributed by atoms with van der Waals surface area (Å²) in [5.41, 5.74) is 1.67. The number of sulfonamides is 1. The highest BCUT2D eigenvalue weighted by atomic mass is 32.2. The average molecular weight is 438 g/mol. The van der Waals surface area contributed by atoms with E-state index in [0.29, 0.717) is 22.5 Å². The normalized spacial score (nSPS) is 13.3. The number of imidazole rings is 1. The third-order valence-electron chi connectivity index (χ3n) is 4.66. The van der Waals surface area contributed by atoms with Crippen molar-refractivity contribution < 1.29 is 21.6 Å². The summed E-state index contributed by atoms with van der Waals surface area (Å²) in [7, 11) is -0.535. The molecule has 0 aliphatic heterocycles. The summed E-state index contributed by atoms with van der Waals surface area (Å²) in [5.74, 6) is 0. The van der Waals surface area contributed by atoms with Gasteiger partial charge in [0.1, 0.15) is 0 Å². The molecule has 0 amide bonds. The summed E-state index contributed by atoms with van der Waals surface area (Å²) < 4.78 is 66.8. The van der Waals surface area contributed by atoms with Gasteiger partial charge in [0.25, 0.3) is 0 Å². The van der Waals surface area contributed by atoms with Crippen molar-refractivity contribution in [3.8, 4) is 11.3 Å². The molecule has 3 aromatic rings. The number of halogens is 3. The molecule has 1 atom stereocenters. The number of benzene rings is 2. The van der Waals surface area contributed by atoms with E-state index >= 15 is 0 Å². The minimum atomic E-state index is -4.39. The van der Waals surface area contributed by atoms with Crippen LogP contribution >= 0.6 is 0 Å². The number of alkyl halides is 3. The van der Waals surface area contributed by atoms with E-state index in [0.717, 1.165) is 12.1 Å². The van der Waals surface area contributed by atoms with E-state index in [2.05, 4.69) is 15.0 Å². The third kappa shape index (κ3) is 4.65. The summed E-state index contributed by atoms with van der Waals surface area (Å²) in [6.07, 6.45) is -1.05. The van der Waals surface area contributed by atoms with Crippen LogP contribution in [0.4, 0.5) is 18.9 Å². The lowest BCUT2D eigenvalue weighted by molar-refractivity contribution is -0.137. The van der Waals surface area contributed by atoms with E-state index in [4.69, 9.17) is 0 Å². The number of anilines is 1. The Morgan fingerprint density at radius 2 is 1.77 bits per heavy atom. The maximum Gasteiger partial charge on any atom is 0.416 e. The topological polar surface area (TPSA) is 76.0 Å². The predicted molar refractivity (Wildman–Crippen MR) is 108 cm³/mol. The molecule has 3 rings (SSSR count). The summed E-state index contributed by atoms with van der Waals surface area (Å²) in [6, 6.07) is 9.17. The number of nitrogens with zero attached hydrogens (tertiary/aromatic N) is 2. The summed E-state index contributed by atoms with van der Waals surface area (Å²) in [6.45, 7) is 1.81. The highest BCUT2D eigenvalue weighted by Gasteiger charge is 2.30. The van der Waals surface area contributed by atoms with E-state index in [9.17, 15) is 21.6 Å². The maximum absolute atomic E-state index is 12.8. The smallest absolute Gasteiger partial charge is 0.378 e. The van der Waals surface area contributed by atoms with Crippen LogP contribution < -0.4 is 10.0 Å². The minimum Gasteiger partial charge on any atom is -0.378 e. The fourth-order valence-corrected chi connectivity index (χ4v) is 3.73. The van der Waals surface area contributed by atoms with Crippen LogP contribution in [0.3, 0.4) is 0 Å². The van der Waals surface area contributed by atoms with Crippen molar-refractivity contribution in [1.29, 1.82) is 0 Å². The Labute approximate surface area is 172 Å². The molecule has 0 bridgehead atoms. The summed E-state index contributed by atoms with van der Waals surface area (Å²) in [4.78, 5) is 4.38. The fraction of sp³-hybridized carbons (Fsp3) is 0.250. The molecule has 30 heavy (non-hydrogen) atoms. The van der Waals surface area contributed by atoms with Gasteiger partial charge in [-0.2, -0.15) is 13.2 Å². The lowest BCUT2D eigenvalue weighted by Crippen LogP contribution is -2.18. The predicted octanol–water partition coefficient (Wildman–Crippen LogP) is 4.19. The van der Waals surface area contributed by atoms with Crippen molar-refractivity contribution in [3.63, 3.8) is 0 Å². The van der Waals surface area contributed by atoms with Crippen LogP contribution in [0.15, 0.2) is 59.9 Å². The molecule has 0 unspecified atom stereocenters. The first-order valence-electron chi connectivity index (χ1n) is 9.01. The van der Waals surface area contributed by atoms with Crippen LogP contribution in [0.25, 0.3) is 11.3 Å². The first-order valence-corrected chi connectivity index (χ1v) is 10.5. The van der Waals surface area contributed by atoms with Crippen LogP contribution in [0, 0.1) is 0 Å². The first kappa shape index (κ1) is 21.8. The standard InChI is InChI=1S/C20H21F3N4O2S/c1-13(14-4-6-15(7-5-14)20(21,22)23)26-18-9-8-16(30(28,29)24-2)10-17(18)19-11-27(3)12-25-19/h4-13,24,26H,1-3H3/t13-/m0/s1. The molecule has 0 aliphatic rings. The molecule has 2 aromatic carbocycles. The third-order valence-corrected chi connectivity index (χ3v) is 6.07. The summed E-state index contributed by atoms with van der Waals surface area (Å²) in [5, 5.41) is 3.24. The Hall–Kier alpha value is -2.85. The van der Waals surface area contributed by atoms with Crippen LogP contribution in [-0.4, -0.2) is 25.0 Å². The van der Waals surface area contributed by atoms with Gasteiger partial charge in [-0.15, -0.1) is 0 Å². The molecular formula is C20H21F3N4O2S. The first-order chi connectivity index (χ1) is 14.0. The zero-order valence-corrected chi connectivity index (χ0v) is 17.3. The van der Waals surface area contributed by atoms with Crippen molar-refractivity contribution in [2.24, 2.45) is 7.05 Å². The number of hydrogen-bond donors (Lipinski definition) is 2. The highest BCUT2D eigenvalue weighted by molar-refractivity contribution is 7.89. The van der Waals surface area contributed by atoms with E-state index in [1.54, 1.807) is 30.2 Å². The largest absolute Gasteiger partial charge is 0.416 e. The SMILES string of the molecule is CNS(=O)(=O)c1ccc(N[C@@H](C)c2ccc(C(F)(F)F)cc2)c(-c2cn(C)cn2)c1. The van der Waals surface area contributed by atoms with Crippen molar-refractivity contribution >= 4 is 15.7 Å². The molecule has 10 heteroatoms. The molecular weight excluding hydrogens is 417 g/mol. The monoisotopic (exact) mass is 438 g/mol. The number of rotatable bonds is 6. The molecule has 1 aromatic heterocycles. The maximum atomic E-state index is 12.8. The van der Waals surface area contributed by atoms with Crippen molar-refractivity contribution in [2.75, 3.05) is 12.4 Å². The van der Waals surface area contributed by atoms with Gasteiger partial charge in [0.15, 0.2) is 0 Å². The molecule has 0 saturated heterocycles. The van der Waals surface area contributed by atoms with Gasteiger partial charge in [-0.25, -0.2) is 18.1 Å². The van der Waals surface area contributed by atoms with E-state index < -0.39 is 21.8 Å². The summed E-state index contributed by atoms with van der Waals surface area (Å²) >= 11 is 0. The number of aryl methyl sites for hydroxylation is 1. The van der Waals surface area contributed by atoms with Gasteiger partial charge >= 0.3 is 6.18 Å². The second-order valence-electron chi connectivity index (χ2n) is 6.83. The van der Waals surface area contributed by atoms with Crippen LogP contribution in [0.2, 0.25) is 0 Å². The fourth-order valence-electron chi connectivity index (χ4n) is 2.98. The molecule has 0 spiro atoms. The van der Waals surface area contributed by atoms with Crippen LogP contribution in [0.5, 0.6) is 0 Å². The van der Waals surface area contributed by atoms with Crippen LogP contribution in [-0.2, 0) is 23.2 Å². The number of nitrogens with one attached hydrogen (secondary N) is 2. The minimum absolute atomic E-state index is 0.0818. The van der Waals surface area contributed by atoms with E-state index in [1.165, 1.54) is 31.3 Å². The Bertz CT molecular complexity index is 1140. The molecule has 0 aliphatic carbocycles. The molecule has 2 N–H and O–H groups in total. The highest BCUT2D eigenvalue weighted by Crippen LogP contribution is 2.33. The number of hydrogen-bond acceptors (Lipinski definition) is 4. The van der Waals surface area contributed by atoms with Gasteiger partial charge in [0.05, 0.1) is 22.5 Å². The molecule has 0 radical (unpaired) electrons. The van der Waals surface area contributed by atoms with Gasteiger partial charge in [-0.3, -0.25) is 0 Å². The van der Waals surface area contributed by atoms with E-state index in [-0.39, 0.29) is 10.9 Å². The zero-order chi connectivity index (χ0) is 22.1. The molecule has 0 fully saturated rings. The van der Waals surface area contributed by atoms with Gasteiger partial charge in [0.2, 0.25) is 10.0 Å². The molecule has 6 nitrogen and oxygen atoms in total. The lowest BCUT2D eigenvalue weighted by Gasteiger charge is -2.19. The average Bonchev–Trinajstić information content (AvgIpc) is 3.13. The Morgan fingerprint density at radius 3 is 2.30 bits per heavy atom.